The number of carbonyl (C=O) groups is 2. The fourth-order valence-electron chi connectivity index (χ4n) is 8.06. The molecule has 0 saturated carbocycles. The molecule has 6 aromatic rings. The Bertz CT molecular complexity index is 2450. The molecule has 0 spiro atoms. The minimum atomic E-state index is -1.04. The number of aromatic carboxylic acids is 1. The molecule has 7 rings (SSSR count). The Hall–Kier alpha value is -4.90. The standard InChI is InChI=1S/C41H41Cl2N5O5/c1-20-13-26-17-32(41(51)52)46(7)37(26)31(14-20)47-18-23(4)48-38-29(10-11-30(42)35(38)34-24(5)44-33(19-49)45-25(34)6)28(39(48)40(47)50)9-8-12-53-27-15-21(2)36(43)22(3)16-27/h10-11,13-17,23,49H,8-9,12,18-19H2,1-7H3,(H,51,52)/t23-/m1/s1. The van der Waals surface area contributed by atoms with E-state index in [1.54, 1.807) is 22.6 Å². The number of carbonyl (C=O) groups excluding carboxylic acids is 1. The first-order chi connectivity index (χ1) is 25.2. The van der Waals surface area contributed by atoms with Crippen LogP contribution >= 0.6 is 23.2 Å². The van der Waals surface area contributed by atoms with E-state index < -0.39 is 5.97 Å². The number of carboxylic acid groups (broad SMARTS) is 1. The van der Waals surface area contributed by atoms with Gasteiger partial charge in [-0.15, -0.1) is 0 Å². The first kappa shape index (κ1) is 36.5. The van der Waals surface area contributed by atoms with Gasteiger partial charge in [-0.25, -0.2) is 14.8 Å². The summed E-state index contributed by atoms with van der Waals surface area (Å²) in [6.07, 6.45) is 1.15. The molecule has 1 aliphatic rings. The van der Waals surface area contributed by atoms with Gasteiger partial charge in [-0.05, 0) is 113 Å². The summed E-state index contributed by atoms with van der Waals surface area (Å²) in [5, 5.41) is 22.6. The van der Waals surface area contributed by atoms with Gasteiger partial charge in [-0.2, -0.15) is 0 Å². The SMILES string of the molecule is Cc1cc(N2C[C@@H](C)n3c(c(CCCOc4cc(C)c(Cl)c(C)c4)c4ccc(Cl)c(-c5c(C)nc(CO)nc5C)c43)C2=O)c2c(c1)cc(C(=O)O)n2C. The summed E-state index contributed by atoms with van der Waals surface area (Å²) >= 11 is 13.5. The van der Waals surface area contributed by atoms with Gasteiger partial charge in [-0.3, -0.25) is 4.79 Å². The zero-order valence-corrected chi connectivity index (χ0v) is 32.3. The highest BCUT2D eigenvalue weighted by molar-refractivity contribution is 6.35. The molecule has 2 N–H and O–H groups in total. The lowest BCUT2D eigenvalue weighted by molar-refractivity contribution is 0.0687. The first-order valence-corrected chi connectivity index (χ1v) is 18.3. The molecule has 274 valence electrons. The van der Waals surface area contributed by atoms with Crippen molar-refractivity contribution in [2.45, 2.75) is 67.0 Å². The second-order valence-electron chi connectivity index (χ2n) is 14.1. The van der Waals surface area contributed by atoms with Crippen LogP contribution in [-0.2, 0) is 20.1 Å². The van der Waals surface area contributed by atoms with E-state index in [1.807, 2.05) is 71.0 Å². The molecule has 0 radical (unpaired) electrons. The molecule has 3 aromatic carbocycles. The highest BCUT2D eigenvalue weighted by Gasteiger charge is 2.37. The van der Waals surface area contributed by atoms with Crippen molar-refractivity contribution in [3.63, 3.8) is 0 Å². The Balaban J connectivity index is 1.41. The minimum absolute atomic E-state index is 0.143. The van der Waals surface area contributed by atoms with Crippen molar-refractivity contribution in [3.05, 3.63) is 103 Å². The van der Waals surface area contributed by atoms with Gasteiger partial charge in [0.05, 0.1) is 28.4 Å². The molecule has 0 unspecified atom stereocenters. The second-order valence-corrected chi connectivity index (χ2v) is 14.8. The molecule has 0 saturated heterocycles. The molecule has 53 heavy (non-hydrogen) atoms. The van der Waals surface area contributed by atoms with Gasteiger partial charge in [0.1, 0.15) is 23.7 Å². The van der Waals surface area contributed by atoms with Crippen LogP contribution in [0.3, 0.4) is 0 Å². The number of aromatic nitrogens is 4. The van der Waals surface area contributed by atoms with Gasteiger partial charge in [-0.1, -0.05) is 29.3 Å². The van der Waals surface area contributed by atoms with Gasteiger partial charge in [0.2, 0.25) is 0 Å². The van der Waals surface area contributed by atoms with E-state index in [0.717, 1.165) is 60.4 Å². The number of aliphatic hydroxyl groups excluding tert-OH is 1. The van der Waals surface area contributed by atoms with Crippen LogP contribution in [0.1, 0.15) is 79.8 Å². The number of ether oxygens (including phenoxy) is 1. The predicted octanol–water partition coefficient (Wildman–Crippen LogP) is 8.86. The number of nitrogens with zero attached hydrogens (tertiary/aromatic N) is 5. The number of aryl methyl sites for hydroxylation is 7. The Kier molecular flexibility index (Phi) is 9.51. The minimum Gasteiger partial charge on any atom is -0.494 e. The van der Waals surface area contributed by atoms with Crippen LogP contribution < -0.4 is 9.64 Å². The number of aliphatic hydroxyl groups is 1. The van der Waals surface area contributed by atoms with Crippen LogP contribution in [0, 0.1) is 34.6 Å². The van der Waals surface area contributed by atoms with E-state index in [2.05, 4.69) is 21.5 Å². The lowest BCUT2D eigenvalue weighted by atomic mass is 9.97. The Morgan fingerprint density at radius 1 is 0.962 bits per heavy atom. The third-order valence-electron chi connectivity index (χ3n) is 10.3. The zero-order chi connectivity index (χ0) is 38.0. The third-order valence-corrected chi connectivity index (χ3v) is 11.2. The van der Waals surface area contributed by atoms with Gasteiger partial charge < -0.3 is 29.0 Å². The molecule has 3 aromatic heterocycles. The lowest BCUT2D eigenvalue weighted by Gasteiger charge is -2.35. The number of carboxylic acids is 1. The molecule has 4 heterocycles. The molecule has 1 amide bonds. The van der Waals surface area contributed by atoms with Gasteiger partial charge in [0, 0.05) is 57.9 Å². The zero-order valence-electron chi connectivity index (χ0n) is 30.8. The van der Waals surface area contributed by atoms with E-state index >= 15 is 4.79 Å². The average Bonchev–Trinajstić information content (AvgIpc) is 3.62. The lowest BCUT2D eigenvalue weighted by Crippen LogP contribution is -2.43. The molecule has 0 fully saturated rings. The number of benzene rings is 3. The van der Waals surface area contributed by atoms with Crippen LogP contribution in [-0.4, -0.2) is 54.3 Å². The van der Waals surface area contributed by atoms with Crippen molar-refractivity contribution >= 4 is 62.6 Å². The molecule has 1 atom stereocenters. The number of hydrogen-bond acceptors (Lipinski definition) is 6. The largest absolute Gasteiger partial charge is 0.494 e. The number of halogens is 2. The van der Waals surface area contributed by atoms with E-state index in [4.69, 9.17) is 27.9 Å². The van der Waals surface area contributed by atoms with Crippen molar-refractivity contribution < 1.29 is 24.5 Å². The van der Waals surface area contributed by atoms with Crippen LogP contribution in [0.5, 0.6) is 5.75 Å². The van der Waals surface area contributed by atoms with Crippen molar-refractivity contribution in [2.75, 3.05) is 18.1 Å². The summed E-state index contributed by atoms with van der Waals surface area (Å²) in [4.78, 5) is 38.2. The van der Waals surface area contributed by atoms with E-state index in [0.29, 0.717) is 65.1 Å². The summed E-state index contributed by atoms with van der Waals surface area (Å²) in [7, 11) is 1.72. The quantitative estimate of drug-likeness (QED) is 0.142. The number of amides is 1. The fraction of sp³-hybridized carbons (Fsp3) is 0.317. The van der Waals surface area contributed by atoms with Gasteiger partial charge >= 0.3 is 5.97 Å². The third kappa shape index (κ3) is 6.12. The smallest absolute Gasteiger partial charge is 0.352 e. The number of fused-ring (bicyclic) bond motifs is 4. The molecule has 1 aliphatic heterocycles. The van der Waals surface area contributed by atoms with E-state index in [1.165, 1.54) is 0 Å². The van der Waals surface area contributed by atoms with Crippen molar-refractivity contribution in [2.24, 2.45) is 7.05 Å². The van der Waals surface area contributed by atoms with Crippen LogP contribution in [0.4, 0.5) is 5.69 Å². The molecule has 12 heteroatoms. The first-order valence-electron chi connectivity index (χ1n) is 17.6. The monoisotopic (exact) mass is 753 g/mol. The second kappa shape index (κ2) is 13.8. The van der Waals surface area contributed by atoms with Crippen LogP contribution in [0.15, 0.2) is 42.5 Å². The Morgan fingerprint density at radius 2 is 1.64 bits per heavy atom. The fourth-order valence-corrected chi connectivity index (χ4v) is 8.41. The summed E-state index contributed by atoms with van der Waals surface area (Å²) in [6, 6.07) is 13.0. The Morgan fingerprint density at radius 3 is 2.28 bits per heavy atom. The summed E-state index contributed by atoms with van der Waals surface area (Å²) in [5.74, 6) is -0.162. The van der Waals surface area contributed by atoms with Crippen molar-refractivity contribution in [1.29, 1.82) is 0 Å². The number of hydrogen-bond donors (Lipinski definition) is 2. The van der Waals surface area contributed by atoms with Crippen LogP contribution in [0.25, 0.3) is 32.9 Å². The maximum absolute atomic E-state index is 15.1. The van der Waals surface area contributed by atoms with E-state index in [9.17, 15) is 15.0 Å². The van der Waals surface area contributed by atoms with Crippen molar-refractivity contribution in [3.8, 4) is 16.9 Å². The van der Waals surface area contributed by atoms with Crippen LogP contribution in [0.2, 0.25) is 10.0 Å². The van der Waals surface area contributed by atoms with Gasteiger partial charge in [0.15, 0.2) is 5.82 Å². The van der Waals surface area contributed by atoms with E-state index in [-0.39, 0.29) is 24.2 Å². The average molecular weight is 755 g/mol. The maximum Gasteiger partial charge on any atom is 0.352 e. The molecular weight excluding hydrogens is 713 g/mol. The normalized spacial score (nSPS) is 14.4. The highest BCUT2D eigenvalue weighted by atomic mass is 35.5. The summed E-state index contributed by atoms with van der Waals surface area (Å²) in [6.45, 7) is 12.1. The molecule has 10 nitrogen and oxygen atoms in total. The highest BCUT2D eigenvalue weighted by Crippen LogP contribution is 2.45. The molecule has 0 bridgehead atoms. The Labute approximate surface area is 317 Å². The molecule has 0 aliphatic carbocycles. The number of rotatable bonds is 9. The van der Waals surface area contributed by atoms with Crippen molar-refractivity contribution in [1.82, 2.24) is 19.1 Å². The van der Waals surface area contributed by atoms with Gasteiger partial charge in [0.25, 0.3) is 5.91 Å². The predicted molar refractivity (Wildman–Crippen MR) is 209 cm³/mol. The summed E-state index contributed by atoms with van der Waals surface area (Å²) in [5.41, 5.74) is 9.36. The topological polar surface area (TPSA) is 123 Å². The molecular formula is C41H41Cl2N5O5. The maximum atomic E-state index is 15.1. The number of anilines is 1. The summed E-state index contributed by atoms with van der Waals surface area (Å²) < 4.78 is 9.96.